The van der Waals surface area contributed by atoms with E-state index >= 15 is 0 Å². The highest BCUT2D eigenvalue weighted by molar-refractivity contribution is 6.12. The third kappa shape index (κ3) is 10.1. The lowest BCUT2D eigenvalue weighted by Crippen LogP contribution is -2.49. The van der Waals surface area contributed by atoms with Crippen LogP contribution in [0.25, 0.3) is 0 Å². The number of esters is 1. The molecule has 1 atom stereocenters. The van der Waals surface area contributed by atoms with E-state index < -0.39 is 48.3 Å². The second kappa shape index (κ2) is 12.5. The van der Waals surface area contributed by atoms with Crippen LogP contribution in [-0.4, -0.2) is 71.9 Å². The summed E-state index contributed by atoms with van der Waals surface area (Å²) in [5, 5.41) is 4.79. The van der Waals surface area contributed by atoms with Crippen LogP contribution >= 0.6 is 0 Å². The van der Waals surface area contributed by atoms with E-state index in [1.165, 1.54) is 12.2 Å². The monoisotopic (exact) mass is 450 g/mol. The summed E-state index contributed by atoms with van der Waals surface area (Å²) in [7, 11) is 0. The number of carbonyl (C=O) groups is 6. The van der Waals surface area contributed by atoms with Crippen molar-refractivity contribution in [2.24, 2.45) is 4.99 Å². The first kappa shape index (κ1) is 26.7. The summed E-state index contributed by atoms with van der Waals surface area (Å²) < 4.78 is 5.20. The summed E-state index contributed by atoms with van der Waals surface area (Å²) in [5.41, 5.74) is -0.765. The van der Waals surface area contributed by atoms with E-state index in [4.69, 9.17) is 4.74 Å². The Balaban J connectivity index is 2.51. The van der Waals surface area contributed by atoms with Crippen LogP contribution in [-0.2, 0) is 33.5 Å². The zero-order valence-electron chi connectivity index (χ0n) is 18.6. The molecule has 176 valence electrons. The average Bonchev–Trinajstić information content (AvgIpc) is 3.01. The highest BCUT2D eigenvalue weighted by atomic mass is 16.6. The Bertz CT molecular complexity index is 780. The van der Waals surface area contributed by atoms with Gasteiger partial charge in [0.15, 0.2) is 0 Å². The Hall–Kier alpha value is -3.37. The van der Waals surface area contributed by atoms with Gasteiger partial charge in [0.2, 0.25) is 11.8 Å². The summed E-state index contributed by atoms with van der Waals surface area (Å²) in [6.45, 7) is 7.94. The van der Waals surface area contributed by atoms with Gasteiger partial charge in [-0.1, -0.05) is 6.42 Å². The van der Waals surface area contributed by atoms with Crippen LogP contribution in [0.2, 0.25) is 0 Å². The number of aliphatic imine (C=N–C) groups is 1. The average molecular weight is 450 g/mol. The fourth-order valence-corrected chi connectivity index (χ4v) is 2.75. The Morgan fingerprint density at radius 3 is 2.28 bits per heavy atom. The first-order valence-electron chi connectivity index (χ1n) is 10.2. The second-order valence-electron chi connectivity index (χ2n) is 8.15. The predicted octanol–water partition coefficient (Wildman–Crippen LogP) is 0.0318. The molecule has 0 spiro atoms. The van der Waals surface area contributed by atoms with E-state index in [2.05, 4.69) is 22.3 Å². The number of imide groups is 1. The summed E-state index contributed by atoms with van der Waals surface area (Å²) in [4.78, 5) is 75.2. The van der Waals surface area contributed by atoms with Gasteiger partial charge in [0.1, 0.15) is 11.6 Å². The molecule has 0 bridgehead atoms. The van der Waals surface area contributed by atoms with Crippen molar-refractivity contribution in [3.05, 3.63) is 12.2 Å². The first-order chi connectivity index (χ1) is 14.9. The number of nitrogens with zero attached hydrogens (tertiary/aromatic N) is 2. The fourth-order valence-electron chi connectivity index (χ4n) is 2.75. The second-order valence-corrected chi connectivity index (χ2v) is 8.15. The molecule has 1 aliphatic rings. The number of hydrogen-bond donors (Lipinski definition) is 2. The van der Waals surface area contributed by atoms with Crippen molar-refractivity contribution in [1.82, 2.24) is 15.5 Å². The topological polar surface area (TPSA) is 151 Å². The van der Waals surface area contributed by atoms with Gasteiger partial charge in [-0.25, -0.2) is 4.99 Å². The van der Waals surface area contributed by atoms with Crippen LogP contribution in [0.4, 0.5) is 0 Å². The Kier molecular flexibility index (Phi) is 10.4. The van der Waals surface area contributed by atoms with Gasteiger partial charge < -0.3 is 15.4 Å². The molecule has 0 saturated carbocycles. The van der Waals surface area contributed by atoms with Crippen molar-refractivity contribution >= 4 is 42.2 Å². The molecule has 11 nitrogen and oxygen atoms in total. The van der Waals surface area contributed by atoms with Crippen molar-refractivity contribution in [2.45, 2.75) is 64.5 Å². The van der Waals surface area contributed by atoms with Gasteiger partial charge in [0.05, 0.1) is 13.0 Å². The van der Waals surface area contributed by atoms with Gasteiger partial charge in [-0.15, -0.1) is 0 Å². The minimum atomic E-state index is -1.22. The molecule has 0 aromatic rings. The largest absolute Gasteiger partial charge is 0.460 e. The molecule has 2 N–H and O–H groups in total. The zero-order valence-corrected chi connectivity index (χ0v) is 18.6. The number of hydrogen-bond acceptors (Lipinski definition) is 7. The molecule has 5 amide bonds. The number of carbonyl (C=O) groups excluding carboxylic acids is 6. The third-order valence-corrected chi connectivity index (χ3v) is 4.22. The predicted molar refractivity (Wildman–Crippen MR) is 114 cm³/mol. The Morgan fingerprint density at radius 1 is 1.09 bits per heavy atom. The van der Waals surface area contributed by atoms with Crippen LogP contribution < -0.4 is 10.6 Å². The van der Waals surface area contributed by atoms with Gasteiger partial charge >= 0.3 is 5.97 Å². The van der Waals surface area contributed by atoms with Gasteiger partial charge in [-0.3, -0.25) is 33.7 Å². The quantitative estimate of drug-likeness (QED) is 0.184. The molecule has 1 heterocycles. The smallest absolute Gasteiger partial charge is 0.308 e. The number of rotatable bonds is 12. The fraction of sp³-hybridized carbons (Fsp3) is 0.571. The number of nitrogens with one attached hydrogen (secondary N) is 2. The normalized spacial score (nSPS) is 14.2. The standard InChI is InChI=1S/C21H30N4O7/c1-21(2,3)32-19(30)12-14(20(31)23-13-16(27)22-4)24-15(26)8-6-5-7-11-25-17(28)9-10-18(25)29/h9-10,14H,4-8,11-13H2,1-3H3,(H,23,31)(H,24,26)/t14-/m0/s1. The maximum atomic E-state index is 12.4. The van der Waals surface area contributed by atoms with Crippen LogP contribution in [0.3, 0.4) is 0 Å². The van der Waals surface area contributed by atoms with E-state index in [0.717, 1.165) is 4.90 Å². The molecular formula is C21H30N4O7. The molecule has 1 aliphatic heterocycles. The lowest BCUT2D eigenvalue weighted by molar-refractivity contribution is -0.156. The van der Waals surface area contributed by atoms with Crippen molar-refractivity contribution < 1.29 is 33.5 Å². The molecule has 0 aromatic heterocycles. The number of ether oxygens (including phenoxy) is 1. The molecule has 11 heteroatoms. The van der Waals surface area contributed by atoms with Crippen LogP contribution in [0.1, 0.15) is 52.9 Å². The highest BCUT2D eigenvalue weighted by Crippen LogP contribution is 2.11. The minimum Gasteiger partial charge on any atom is -0.460 e. The van der Waals surface area contributed by atoms with Gasteiger partial charge in [-0.05, 0) is 40.3 Å². The van der Waals surface area contributed by atoms with E-state index in [0.29, 0.717) is 19.3 Å². The molecule has 1 rings (SSSR count). The molecule has 0 radical (unpaired) electrons. The van der Waals surface area contributed by atoms with E-state index in [-0.39, 0.29) is 24.8 Å². The van der Waals surface area contributed by atoms with Crippen molar-refractivity contribution in [1.29, 1.82) is 0 Å². The lowest BCUT2D eigenvalue weighted by Gasteiger charge is -2.22. The van der Waals surface area contributed by atoms with Crippen LogP contribution in [0, 0.1) is 0 Å². The molecule has 32 heavy (non-hydrogen) atoms. The lowest BCUT2D eigenvalue weighted by atomic mass is 10.1. The highest BCUT2D eigenvalue weighted by Gasteiger charge is 2.27. The Morgan fingerprint density at radius 2 is 1.72 bits per heavy atom. The third-order valence-electron chi connectivity index (χ3n) is 4.22. The maximum Gasteiger partial charge on any atom is 0.308 e. The van der Waals surface area contributed by atoms with Crippen LogP contribution in [0.15, 0.2) is 17.1 Å². The first-order valence-corrected chi connectivity index (χ1v) is 10.2. The van der Waals surface area contributed by atoms with Crippen molar-refractivity contribution in [2.75, 3.05) is 13.1 Å². The van der Waals surface area contributed by atoms with Gasteiger partial charge in [0.25, 0.3) is 17.7 Å². The summed E-state index contributed by atoms with van der Waals surface area (Å²) in [5.74, 6) is -3.23. The summed E-state index contributed by atoms with van der Waals surface area (Å²) >= 11 is 0. The molecule has 0 aliphatic carbocycles. The zero-order chi connectivity index (χ0) is 24.3. The van der Waals surface area contributed by atoms with Gasteiger partial charge in [0, 0.05) is 25.1 Å². The Labute approximate surface area is 186 Å². The number of unbranched alkanes of at least 4 members (excludes halogenated alkanes) is 2. The summed E-state index contributed by atoms with van der Waals surface area (Å²) in [6.07, 6.45) is 3.66. The van der Waals surface area contributed by atoms with Crippen LogP contribution in [0.5, 0.6) is 0 Å². The van der Waals surface area contributed by atoms with E-state index in [9.17, 15) is 28.8 Å². The van der Waals surface area contributed by atoms with E-state index in [1.54, 1.807) is 20.8 Å². The van der Waals surface area contributed by atoms with Crippen molar-refractivity contribution in [3.8, 4) is 0 Å². The minimum absolute atomic E-state index is 0.0748. The maximum absolute atomic E-state index is 12.4. The molecule has 0 aromatic carbocycles. The molecule has 0 unspecified atom stereocenters. The molecular weight excluding hydrogens is 420 g/mol. The van der Waals surface area contributed by atoms with E-state index in [1.807, 2.05) is 0 Å². The molecule has 0 saturated heterocycles. The number of amides is 5. The van der Waals surface area contributed by atoms with Gasteiger partial charge in [-0.2, -0.15) is 0 Å². The molecule has 0 fully saturated rings. The van der Waals surface area contributed by atoms with Crippen molar-refractivity contribution in [3.63, 3.8) is 0 Å². The summed E-state index contributed by atoms with van der Waals surface area (Å²) in [6, 6.07) is -1.22. The SMILES string of the molecule is C=NC(=O)CNC(=O)[C@H](CC(=O)OC(C)(C)C)NC(=O)CCCCCN1C(=O)C=CC1=O.